The van der Waals surface area contributed by atoms with Crippen molar-refractivity contribution in [1.82, 2.24) is 5.32 Å². The summed E-state index contributed by atoms with van der Waals surface area (Å²) in [7, 11) is 1.91. The van der Waals surface area contributed by atoms with Gasteiger partial charge >= 0.3 is 0 Å². The van der Waals surface area contributed by atoms with Crippen molar-refractivity contribution in [3.05, 3.63) is 29.3 Å². The Morgan fingerprint density at radius 2 is 2.17 bits per heavy atom. The van der Waals surface area contributed by atoms with Crippen LogP contribution >= 0.6 is 11.8 Å². The minimum atomic E-state index is -0.346. The molecule has 0 aliphatic heterocycles. The van der Waals surface area contributed by atoms with Gasteiger partial charge in [-0.05, 0) is 51.3 Å². The lowest BCUT2D eigenvalue weighted by molar-refractivity contribution is 0.441. The summed E-state index contributed by atoms with van der Waals surface area (Å²) in [5.74, 6) is 1.36. The summed E-state index contributed by atoms with van der Waals surface area (Å²) in [6, 6.07) is 9.00. The fourth-order valence-electron chi connectivity index (χ4n) is 2.20. The molecule has 0 radical (unpaired) electrons. The van der Waals surface area contributed by atoms with Crippen molar-refractivity contribution in [2.75, 3.05) is 12.8 Å². The van der Waals surface area contributed by atoms with Crippen LogP contribution in [0.5, 0.6) is 0 Å². The highest BCUT2D eigenvalue weighted by Gasteiger charge is 2.44. The van der Waals surface area contributed by atoms with Crippen molar-refractivity contribution in [2.24, 2.45) is 5.92 Å². The highest BCUT2D eigenvalue weighted by molar-refractivity contribution is 7.99. The van der Waals surface area contributed by atoms with Crippen LogP contribution < -0.4 is 5.32 Å². The molecule has 1 N–H and O–H groups in total. The van der Waals surface area contributed by atoms with Crippen LogP contribution in [0.2, 0.25) is 0 Å². The van der Waals surface area contributed by atoms with E-state index in [0.717, 1.165) is 5.75 Å². The first kappa shape index (κ1) is 13.5. The molecule has 2 rings (SSSR count). The van der Waals surface area contributed by atoms with E-state index in [1.54, 1.807) is 11.8 Å². The molecule has 1 aromatic rings. The monoisotopic (exact) mass is 260 g/mol. The van der Waals surface area contributed by atoms with Crippen LogP contribution in [0.25, 0.3) is 0 Å². The van der Waals surface area contributed by atoms with E-state index >= 15 is 0 Å². The Hall–Kier alpha value is -0.980. The number of hydrogen-bond acceptors (Lipinski definition) is 3. The summed E-state index contributed by atoms with van der Waals surface area (Å²) < 4.78 is 0. The van der Waals surface area contributed by atoms with E-state index in [-0.39, 0.29) is 5.54 Å². The second kappa shape index (κ2) is 5.34. The van der Waals surface area contributed by atoms with Gasteiger partial charge in [-0.2, -0.15) is 5.26 Å². The molecule has 0 spiro atoms. The van der Waals surface area contributed by atoms with Gasteiger partial charge in [0.15, 0.2) is 0 Å². The number of hydrogen-bond donors (Lipinski definition) is 1. The highest BCUT2D eigenvalue weighted by Crippen LogP contribution is 2.42. The normalized spacial score (nSPS) is 18.1. The van der Waals surface area contributed by atoms with Crippen molar-refractivity contribution < 1.29 is 0 Å². The van der Waals surface area contributed by atoms with E-state index in [2.05, 4.69) is 43.4 Å². The quantitative estimate of drug-likeness (QED) is 0.825. The predicted octanol–water partition coefficient (Wildman–Crippen LogP) is 3.29. The van der Waals surface area contributed by atoms with E-state index in [0.29, 0.717) is 5.92 Å². The summed E-state index contributed by atoms with van der Waals surface area (Å²) in [4.78, 5) is 1.30. The largest absolute Gasteiger partial charge is 0.302 e. The average molecular weight is 260 g/mol. The van der Waals surface area contributed by atoms with Crippen LogP contribution in [0.4, 0.5) is 0 Å². The molecule has 0 heterocycles. The summed E-state index contributed by atoms with van der Waals surface area (Å²) in [6.07, 6.45) is 2.36. The fourth-order valence-corrected chi connectivity index (χ4v) is 3.60. The maximum Gasteiger partial charge on any atom is 0.118 e. The minimum absolute atomic E-state index is 0.346. The molecule has 0 amide bonds. The molecule has 1 aliphatic carbocycles. The molecule has 0 aromatic heterocycles. The van der Waals surface area contributed by atoms with Crippen LogP contribution in [0, 0.1) is 31.1 Å². The fraction of sp³-hybridized carbons (Fsp3) is 0.533. The Morgan fingerprint density at radius 1 is 1.44 bits per heavy atom. The molecule has 3 heteroatoms. The third-order valence-corrected chi connectivity index (χ3v) is 5.07. The number of benzene rings is 1. The van der Waals surface area contributed by atoms with Gasteiger partial charge in [0.25, 0.3) is 0 Å². The van der Waals surface area contributed by atoms with Gasteiger partial charge in [0.1, 0.15) is 5.54 Å². The third kappa shape index (κ3) is 2.71. The molecular weight excluding hydrogens is 240 g/mol. The van der Waals surface area contributed by atoms with Gasteiger partial charge in [0.2, 0.25) is 0 Å². The number of thioether (sulfide) groups is 1. The molecule has 2 nitrogen and oxygen atoms in total. The first-order chi connectivity index (χ1) is 8.61. The van der Waals surface area contributed by atoms with E-state index in [1.807, 2.05) is 7.05 Å². The molecule has 1 atom stereocenters. The molecule has 1 aromatic carbocycles. The Balaban J connectivity index is 2.10. The van der Waals surface area contributed by atoms with Crippen molar-refractivity contribution in [1.29, 1.82) is 5.26 Å². The molecule has 96 valence electrons. The molecular formula is C15H20N2S. The zero-order chi connectivity index (χ0) is 13.2. The lowest BCUT2D eigenvalue weighted by Gasteiger charge is -2.25. The van der Waals surface area contributed by atoms with Crippen molar-refractivity contribution in [3.8, 4) is 6.07 Å². The highest BCUT2D eigenvalue weighted by atomic mass is 32.2. The van der Waals surface area contributed by atoms with Crippen molar-refractivity contribution in [2.45, 2.75) is 37.1 Å². The van der Waals surface area contributed by atoms with Gasteiger partial charge < -0.3 is 5.32 Å². The van der Waals surface area contributed by atoms with Crippen LogP contribution in [-0.4, -0.2) is 18.3 Å². The van der Waals surface area contributed by atoms with Crippen LogP contribution in [-0.2, 0) is 0 Å². The van der Waals surface area contributed by atoms with Crippen LogP contribution in [0.15, 0.2) is 23.1 Å². The lowest BCUT2D eigenvalue weighted by Crippen LogP contribution is -2.46. The lowest BCUT2D eigenvalue weighted by atomic mass is 9.98. The minimum Gasteiger partial charge on any atom is -0.302 e. The number of nitriles is 1. The molecule has 0 saturated heterocycles. The van der Waals surface area contributed by atoms with Gasteiger partial charge in [-0.3, -0.25) is 0 Å². The van der Waals surface area contributed by atoms with Gasteiger partial charge in [-0.15, -0.1) is 11.8 Å². The number of nitrogens with one attached hydrogen (secondary N) is 1. The summed E-state index contributed by atoms with van der Waals surface area (Å²) in [5.41, 5.74) is 2.23. The van der Waals surface area contributed by atoms with E-state index in [1.165, 1.54) is 28.9 Å². The SMILES string of the molecule is CNC(C#N)(CSc1cc(C)ccc1C)C1CC1. The van der Waals surface area contributed by atoms with Gasteiger partial charge in [-0.1, -0.05) is 17.7 Å². The standard InChI is InChI=1S/C15H20N2S/c1-11-4-5-12(2)14(8-11)18-10-15(9-16,17-3)13-6-7-13/h4-5,8,13,17H,6-7,10H2,1-3H3. The predicted molar refractivity (Wildman–Crippen MR) is 76.8 cm³/mol. The van der Waals surface area contributed by atoms with Gasteiger partial charge in [-0.25, -0.2) is 0 Å². The van der Waals surface area contributed by atoms with Gasteiger partial charge in [0.05, 0.1) is 6.07 Å². The Kier molecular flexibility index (Phi) is 3.99. The Labute approximate surface area is 114 Å². The first-order valence-electron chi connectivity index (χ1n) is 6.41. The van der Waals surface area contributed by atoms with Crippen LogP contribution in [0.1, 0.15) is 24.0 Å². The second-order valence-corrected chi connectivity index (χ2v) is 6.18. The summed E-state index contributed by atoms with van der Waals surface area (Å²) >= 11 is 1.80. The number of aryl methyl sites for hydroxylation is 2. The molecule has 18 heavy (non-hydrogen) atoms. The molecule has 1 aliphatic rings. The zero-order valence-electron chi connectivity index (χ0n) is 11.3. The summed E-state index contributed by atoms with van der Waals surface area (Å²) in [6.45, 7) is 4.24. The molecule has 0 bridgehead atoms. The van der Waals surface area contributed by atoms with E-state index in [9.17, 15) is 5.26 Å². The average Bonchev–Trinajstić information content (AvgIpc) is 3.20. The molecule has 1 fully saturated rings. The zero-order valence-corrected chi connectivity index (χ0v) is 12.1. The topological polar surface area (TPSA) is 35.8 Å². The second-order valence-electron chi connectivity index (χ2n) is 5.17. The van der Waals surface area contributed by atoms with Gasteiger partial charge in [0, 0.05) is 10.6 Å². The maximum absolute atomic E-state index is 9.46. The van der Waals surface area contributed by atoms with Crippen molar-refractivity contribution >= 4 is 11.8 Å². The third-order valence-electron chi connectivity index (χ3n) is 3.72. The van der Waals surface area contributed by atoms with Crippen molar-refractivity contribution in [3.63, 3.8) is 0 Å². The number of rotatable bonds is 5. The first-order valence-corrected chi connectivity index (χ1v) is 7.40. The smallest absolute Gasteiger partial charge is 0.118 e. The Bertz CT molecular complexity index is 474. The summed E-state index contributed by atoms with van der Waals surface area (Å²) in [5, 5.41) is 12.7. The molecule has 1 unspecified atom stereocenters. The molecule has 1 saturated carbocycles. The van der Waals surface area contributed by atoms with E-state index < -0.39 is 0 Å². The van der Waals surface area contributed by atoms with Crippen LogP contribution in [0.3, 0.4) is 0 Å². The number of nitrogens with zero attached hydrogens (tertiary/aromatic N) is 1. The Morgan fingerprint density at radius 3 is 2.72 bits per heavy atom. The van der Waals surface area contributed by atoms with E-state index in [4.69, 9.17) is 0 Å². The maximum atomic E-state index is 9.46.